The van der Waals surface area contributed by atoms with Crippen molar-refractivity contribution in [2.24, 2.45) is 29.0 Å². The standard InChI is InChI=1S/C23H44N6O6/c1-5-14(4)19(26)22(33)28-15(8-6-7-11-24)20(31)27-16(9-10-18(25)30)21(32)29-17(23(34)35)12-13(2)3/h13-17,19H,5-12,24,26H2,1-4H3,(H2,25,30)(H,27,31)(H,28,33)(H,29,32)(H,34,35). The Morgan fingerprint density at radius 3 is 1.80 bits per heavy atom. The molecule has 0 saturated heterocycles. The molecule has 202 valence electrons. The van der Waals surface area contributed by atoms with Crippen molar-refractivity contribution in [1.29, 1.82) is 0 Å². The lowest BCUT2D eigenvalue weighted by atomic mass is 9.98. The van der Waals surface area contributed by atoms with E-state index in [4.69, 9.17) is 17.2 Å². The fourth-order valence-electron chi connectivity index (χ4n) is 3.33. The molecule has 0 spiro atoms. The van der Waals surface area contributed by atoms with Gasteiger partial charge in [-0.25, -0.2) is 4.79 Å². The number of primary amides is 1. The summed E-state index contributed by atoms with van der Waals surface area (Å²) in [7, 11) is 0. The van der Waals surface area contributed by atoms with E-state index < -0.39 is 53.8 Å². The molecule has 0 rings (SSSR count). The summed E-state index contributed by atoms with van der Waals surface area (Å²) >= 11 is 0. The number of rotatable bonds is 18. The molecule has 12 heteroatoms. The van der Waals surface area contributed by atoms with Gasteiger partial charge in [0.2, 0.25) is 23.6 Å². The van der Waals surface area contributed by atoms with Gasteiger partial charge in [0.25, 0.3) is 0 Å². The van der Waals surface area contributed by atoms with Crippen LogP contribution in [0.1, 0.15) is 72.6 Å². The van der Waals surface area contributed by atoms with E-state index in [1.54, 1.807) is 0 Å². The normalized spacial score (nSPS) is 15.4. The Labute approximate surface area is 207 Å². The zero-order chi connectivity index (χ0) is 27.1. The molecule has 35 heavy (non-hydrogen) atoms. The average molecular weight is 501 g/mol. The average Bonchev–Trinajstić information content (AvgIpc) is 2.78. The molecule has 0 aromatic heterocycles. The number of carboxylic acid groups (broad SMARTS) is 1. The summed E-state index contributed by atoms with van der Waals surface area (Å²) in [6.07, 6.45) is 1.95. The number of carbonyl (C=O) groups excluding carboxylic acids is 4. The molecule has 0 aliphatic heterocycles. The van der Waals surface area contributed by atoms with E-state index in [2.05, 4.69) is 16.0 Å². The van der Waals surface area contributed by atoms with E-state index >= 15 is 0 Å². The Kier molecular flexibility index (Phi) is 15.5. The first-order valence-corrected chi connectivity index (χ1v) is 12.2. The van der Waals surface area contributed by atoms with Crippen LogP contribution in [0.5, 0.6) is 0 Å². The highest BCUT2D eigenvalue weighted by Crippen LogP contribution is 2.10. The van der Waals surface area contributed by atoms with Crippen LogP contribution in [0.15, 0.2) is 0 Å². The Hall–Kier alpha value is -2.73. The molecule has 12 nitrogen and oxygen atoms in total. The quantitative estimate of drug-likeness (QED) is 0.119. The van der Waals surface area contributed by atoms with Crippen LogP contribution in [-0.2, 0) is 24.0 Å². The molecule has 0 radical (unpaired) electrons. The fourth-order valence-corrected chi connectivity index (χ4v) is 3.33. The first-order valence-electron chi connectivity index (χ1n) is 12.2. The first kappa shape index (κ1) is 32.3. The van der Waals surface area contributed by atoms with Crippen LogP contribution >= 0.6 is 0 Å². The topological polar surface area (TPSA) is 220 Å². The molecule has 0 aromatic rings. The van der Waals surface area contributed by atoms with Crippen LogP contribution in [0.3, 0.4) is 0 Å². The second-order valence-corrected chi connectivity index (χ2v) is 9.35. The van der Waals surface area contributed by atoms with Crippen LogP contribution in [0.4, 0.5) is 0 Å². The summed E-state index contributed by atoms with van der Waals surface area (Å²) in [5, 5.41) is 17.0. The number of unbranched alkanes of at least 4 members (excludes halogenated alkanes) is 1. The predicted molar refractivity (Wildman–Crippen MR) is 132 cm³/mol. The van der Waals surface area contributed by atoms with E-state index in [1.807, 2.05) is 27.7 Å². The molecule has 0 aromatic carbocycles. The maximum absolute atomic E-state index is 13.1. The SMILES string of the molecule is CCC(C)C(N)C(=O)NC(CCCCN)C(=O)NC(CCC(N)=O)C(=O)NC(CC(C)C)C(=O)O. The van der Waals surface area contributed by atoms with Crippen molar-refractivity contribution >= 4 is 29.6 Å². The van der Waals surface area contributed by atoms with E-state index in [0.717, 1.165) is 0 Å². The maximum Gasteiger partial charge on any atom is 0.326 e. The summed E-state index contributed by atoms with van der Waals surface area (Å²) in [5.74, 6) is -3.90. The highest BCUT2D eigenvalue weighted by Gasteiger charge is 2.31. The van der Waals surface area contributed by atoms with E-state index in [1.165, 1.54) is 0 Å². The Balaban J connectivity index is 5.61. The van der Waals surface area contributed by atoms with Crippen molar-refractivity contribution in [1.82, 2.24) is 16.0 Å². The second kappa shape index (κ2) is 16.8. The first-order chi connectivity index (χ1) is 16.3. The zero-order valence-electron chi connectivity index (χ0n) is 21.3. The van der Waals surface area contributed by atoms with Crippen molar-refractivity contribution < 1.29 is 29.1 Å². The van der Waals surface area contributed by atoms with Crippen LogP contribution < -0.4 is 33.2 Å². The molecule has 5 atom stereocenters. The fraction of sp³-hybridized carbons (Fsp3) is 0.783. The van der Waals surface area contributed by atoms with Gasteiger partial charge in [0, 0.05) is 6.42 Å². The van der Waals surface area contributed by atoms with Crippen LogP contribution in [0, 0.1) is 11.8 Å². The highest BCUT2D eigenvalue weighted by molar-refractivity contribution is 5.94. The molecular weight excluding hydrogens is 456 g/mol. The minimum atomic E-state index is -1.22. The molecule has 0 heterocycles. The van der Waals surface area contributed by atoms with Gasteiger partial charge in [0.05, 0.1) is 6.04 Å². The number of carbonyl (C=O) groups is 5. The van der Waals surface area contributed by atoms with E-state index in [0.29, 0.717) is 25.8 Å². The summed E-state index contributed by atoms with van der Waals surface area (Å²) in [6.45, 7) is 7.76. The number of amides is 4. The third-order valence-corrected chi connectivity index (χ3v) is 5.77. The molecule has 0 saturated carbocycles. The summed E-state index contributed by atoms with van der Waals surface area (Å²) in [6, 6.07) is -4.18. The van der Waals surface area contributed by atoms with Gasteiger partial charge in [-0.15, -0.1) is 0 Å². The van der Waals surface area contributed by atoms with E-state index in [9.17, 15) is 29.1 Å². The minimum Gasteiger partial charge on any atom is -0.480 e. The van der Waals surface area contributed by atoms with Gasteiger partial charge >= 0.3 is 5.97 Å². The van der Waals surface area contributed by atoms with Gasteiger partial charge in [-0.1, -0.05) is 34.1 Å². The van der Waals surface area contributed by atoms with Crippen molar-refractivity contribution in [3.8, 4) is 0 Å². The van der Waals surface area contributed by atoms with Gasteiger partial charge in [-0.3, -0.25) is 19.2 Å². The largest absolute Gasteiger partial charge is 0.480 e. The van der Waals surface area contributed by atoms with Crippen molar-refractivity contribution in [2.75, 3.05) is 6.54 Å². The lowest BCUT2D eigenvalue weighted by molar-refractivity contribution is -0.143. The summed E-state index contributed by atoms with van der Waals surface area (Å²) < 4.78 is 0. The van der Waals surface area contributed by atoms with Crippen molar-refractivity contribution in [2.45, 2.75) is 96.8 Å². The molecule has 4 amide bonds. The third kappa shape index (κ3) is 13.1. The van der Waals surface area contributed by atoms with Gasteiger partial charge in [0.15, 0.2) is 0 Å². The van der Waals surface area contributed by atoms with Crippen molar-refractivity contribution in [3.05, 3.63) is 0 Å². The molecule has 5 unspecified atom stereocenters. The lowest BCUT2D eigenvalue weighted by Gasteiger charge is -2.26. The highest BCUT2D eigenvalue weighted by atomic mass is 16.4. The maximum atomic E-state index is 13.1. The summed E-state index contributed by atoms with van der Waals surface area (Å²) in [5.41, 5.74) is 16.7. The Morgan fingerprint density at radius 2 is 1.34 bits per heavy atom. The summed E-state index contributed by atoms with van der Waals surface area (Å²) in [4.78, 5) is 61.4. The van der Waals surface area contributed by atoms with Gasteiger partial charge in [0.1, 0.15) is 18.1 Å². The van der Waals surface area contributed by atoms with Crippen LogP contribution in [0.25, 0.3) is 0 Å². The second-order valence-electron chi connectivity index (χ2n) is 9.35. The smallest absolute Gasteiger partial charge is 0.326 e. The number of nitrogens with two attached hydrogens (primary N) is 3. The van der Waals surface area contributed by atoms with Gasteiger partial charge in [-0.2, -0.15) is 0 Å². The van der Waals surface area contributed by atoms with Gasteiger partial charge in [-0.05, 0) is 50.5 Å². The van der Waals surface area contributed by atoms with Crippen molar-refractivity contribution in [3.63, 3.8) is 0 Å². The Morgan fingerprint density at radius 1 is 0.829 bits per heavy atom. The van der Waals surface area contributed by atoms with Crippen LogP contribution in [0.2, 0.25) is 0 Å². The monoisotopic (exact) mass is 500 g/mol. The number of nitrogens with one attached hydrogen (secondary N) is 3. The predicted octanol–water partition coefficient (Wildman–Crippen LogP) is -0.661. The minimum absolute atomic E-state index is 0.00748. The lowest BCUT2D eigenvalue weighted by Crippen LogP contribution is -2.57. The molecule has 0 bridgehead atoms. The number of aliphatic carboxylic acids is 1. The zero-order valence-corrected chi connectivity index (χ0v) is 21.3. The Bertz CT molecular complexity index is 717. The molecule has 10 N–H and O–H groups in total. The molecular formula is C23H44N6O6. The number of carboxylic acids is 1. The number of hydrogen-bond donors (Lipinski definition) is 7. The number of hydrogen-bond acceptors (Lipinski definition) is 7. The molecule has 0 fully saturated rings. The third-order valence-electron chi connectivity index (χ3n) is 5.77. The van der Waals surface area contributed by atoms with Crippen LogP contribution in [-0.4, -0.2) is 65.4 Å². The molecule has 0 aliphatic rings. The van der Waals surface area contributed by atoms with E-state index in [-0.39, 0.29) is 37.5 Å². The molecule has 0 aliphatic carbocycles. The van der Waals surface area contributed by atoms with Gasteiger partial charge < -0.3 is 38.3 Å².